The summed E-state index contributed by atoms with van der Waals surface area (Å²) in [5.74, 6) is -8.38. The van der Waals surface area contributed by atoms with Crippen LogP contribution in [0.4, 0.5) is 0 Å². The van der Waals surface area contributed by atoms with Crippen LogP contribution in [0.3, 0.4) is 0 Å². The molecule has 0 aromatic rings. The Bertz CT molecular complexity index is 190. The Morgan fingerprint density at radius 1 is 0.800 bits per heavy atom. The number of hydrogen-bond donors (Lipinski definition) is 2. The molecule has 0 atom stereocenters. The molecule has 0 spiro atoms. The monoisotopic (exact) mass is 259 g/mol. The third kappa shape index (κ3) is 32.8. The van der Waals surface area contributed by atoms with Gasteiger partial charge >= 0.3 is 29.7 Å². The van der Waals surface area contributed by atoms with Gasteiger partial charge in [-0.05, 0) is 0 Å². The number of aliphatic carboxylic acids is 4. The van der Waals surface area contributed by atoms with Gasteiger partial charge in [-0.15, -0.1) is 0 Å². The van der Waals surface area contributed by atoms with Crippen LogP contribution >= 0.6 is 0 Å². The number of hydrogen-bond acceptors (Lipinski definition) is 8. The van der Waals surface area contributed by atoms with Crippen molar-refractivity contribution >= 4 is 23.9 Å². The Kier molecular flexibility index (Phi) is 23.1. The van der Waals surface area contributed by atoms with Crippen LogP contribution in [-0.4, -0.2) is 29.0 Å². The van der Waals surface area contributed by atoms with Crippen molar-refractivity contribution in [3.8, 4) is 0 Å². The van der Waals surface area contributed by atoms with E-state index in [-0.39, 0.29) is 6.15 Å². The quantitative estimate of drug-likeness (QED) is 0.313. The molecule has 0 aromatic carbocycles. The van der Waals surface area contributed by atoms with E-state index < -0.39 is 23.9 Å². The van der Waals surface area contributed by atoms with Crippen molar-refractivity contribution < 1.29 is 63.3 Å². The minimum atomic E-state index is -2.19. The molecule has 11 heteroatoms. The van der Waals surface area contributed by atoms with Crippen molar-refractivity contribution in [2.75, 3.05) is 0 Å². The Morgan fingerprint density at radius 2 is 0.933 bits per heavy atom. The maximum atomic E-state index is 9.04. The number of carboxylic acids is 4. The Balaban J connectivity index is -0.0000000653. The van der Waals surface area contributed by atoms with Crippen LogP contribution in [0.1, 0.15) is 0 Å². The number of carbonyl (C=O) groups is 4. The summed E-state index contributed by atoms with van der Waals surface area (Å²) in [5, 5.41) is 34.2. The number of quaternary nitrogens is 1. The first-order valence-electron chi connectivity index (χ1n) is 2.36. The van der Waals surface area contributed by atoms with Gasteiger partial charge in [0.25, 0.3) is 0 Å². The van der Waals surface area contributed by atoms with Crippen molar-refractivity contribution in [3.63, 3.8) is 0 Å². The molecule has 0 radical (unpaired) electrons. The van der Waals surface area contributed by atoms with Gasteiger partial charge in [-0.1, -0.05) is 0 Å². The van der Waals surface area contributed by atoms with Crippen LogP contribution < -0.4 is 21.5 Å². The van der Waals surface area contributed by atoms with E-state index in [4.69, 9.17) is 42.9 Å². The third-order valence-corrected chi connectivity index (χ3v) is 0.341. The maximum absolute atomic E-state index is 9.04. The predicted octanol–water partition coefficient (Wildman–Crippen LogP) is -5.44. The van der Waals surface area contributed by atoms with Crippen molar-refractivity contribution in [2.24, 2.45) is 0 Å². The molecular formula is C4H5NO9Ti. The molecule has 0 aliphatic rings. The topological polar surface area (TPSA) is 211 Å². The summed E-state index contributed by atoms with van der Waals surface area (Å²) in [5.41, 5.74) is 0. The number of carbonyl (C=O) groups excluding carboxylic acids is 3. The zero-order valence-electron chi connectivity index (χ0n) is 7.21. The Morgan fingerprint density at radius 3 is 0.933 bits per heavy atom. The summed E-state index contributed by atoms with van der Waals surface area (Å²) >= 11 is 0.750. The molecule has 5 N–H and O–H groups in total. The Labute approximate surface area is 93.8 Å². The zero-order valence-corrected chi connectivity index (χ0v) is 8.77. The summed E-state index contributed by atoms with van der Waals surface area (Å²) < 4.78 is 8.25. The van der Waals surface area contributed by atoms with Gasteiger partial charge in [0, 0.05) is 0 Å². The second-order valence-corrected chi connectivity index (χ2v) is 1.17. The molecule has 0 amide bonds. The van der Waals surface area contributed by atoms with Crippen LogP contribution in [0.5, 0.6) is 0 Å². The van der Waals surface area contributed by atoms with E-state index in [2.05, 4.69) is 0 Å². The number of rotatable bonds is 0. The average molecular weight is 259 g/mol. The molecule has 15 heavy (non-hydrogen) atoms. The second kappa shape index (κ2) is 14.9. The van der Waals surface area contributed by atoms with E-state index >= 15 is 0 Å². The van der Waals surface area contributed by atoms with Gasteiger partial charge < -0.3 is 41.0 Å². The molecular weight excluding hydrogens is 254 g/mol. The van der Waals surface area contributed by atoms with Crippen LogP contribution in [0, 0.1) is 0 Å². The van der Waals surface area contributed by atoms with Crippen molar-refractivity contribution in [3.05, 3.63) is 0 Å². The molecule has 0 aliphatic carbocycles. The van der Waals surface area contributed by atoms with Gasteiger partial charge in [0.15, 0.2) is 5.97 Å². The molecule has 0 saturated heterocycles. The molecule has 10 nitrogen and oxygen atoms in total. The molecule has 0 rings (SSSR count). The number of carboxylic acid groups (broad SMARTS) is 4. The first kappa shape index (κ1) is 23.3. The van der Waals surface area contributed by atoms with E-state index in [0.29, 0.717) is 0 Å². The standard InChI is InChI=1S/2C2H2O4.H3N.O.Ti/c2*3-1(4)2(5)6;;;/h2*(H,3,4)(H,5,6);1H3;;/q;;;;+2/p-2. The fourth-order valence-corrected chi connectivity index (χ4v) is 0. The van der Waals surface area contributed by atoms with Gasteiger partial charge in [0.05, 0.1) is 11.9 Å². The summed E-state index contributed by atoms with van der Waals surface area (Å²) in [4.78, 5) is 35.9. The molecule has 0 fully saturated rings. The van der Waals surface area contributed by atoms with E-state index in [1.54, 1.807) is 0 Å². The molecule has 0 heterocycles. The van der Waals surface area contributed by atoms with Gasteiger partial charge in [-0.25, -0.2) is 4.79 Å². The minimum absolute atomic E-state index is 0. The van der Waals surface area contributed by atoms with Gasteiger partial charge in [0.2, 0.25) is 0 Å². The SMILES string of the molecule is O=C([O-])C(=O)O.O=C([O-])C(=O)[O-].[NH4+].[O]=[Ti+2]. The first-order chi connectivity index (χ1) is 6.29. The van der Waals surface area contributed by atoms with Crippen LogP contribution in [0.15, 0.2) is 0 Å². The van der Waals surface area contributed by atoms with Crippen LogP contribution in [0.25, 0.3) is 0 Å². The molecule has 0 saturated carbocycles. The van der Waals surface area contributed by atoms with Crippen molar-refractivity contribution in [2.45, 2.75) is 0 Å². The average Bonchev–Trinajstić information content (AvgIpc) is 2.08. The van der Waals surface area contributed by atoms with E-state index in [9.17, 15) is 0 Å². The van der Waals surface area contributed by atoms with Gasteiger partial charge in [0.1, 0.15) is 0 Å². The first-order valence-corrected chi connectivity index (χ1v) is 2.99. The second-order valence-electron chi connectivity index (χ2n) is 1.17. The molecule has 0 unspecified atom stereocenters. The summed E-state index contributed by atoms with van der Waals surface area (Å²) in [7, 11) is 0. The van der Waals surface area contributed by atoms with Crippen LogP contribution in [-0.2, 0) is 42.9 Å². The van der Waals surface area contributed by atoms with Crippen molar-refractivity contribution in [1.82, 2.24) is 6.15 Å². The summed E-state index contributed by atoms with van der Waals surface area (Å²) in [6, 6.07) is 0. The Hall–Kier alpha value is -1.65. The van der Waals surface area contributed by atoms with E-state index in [1.165, 1.54) is 0 Å². The fraction of sp³-hybridized carbons (Fsp3) is 0. The third-order valence-electron chi connectivity index (χ3n) is 0.341. The van der Waals surface area contributed by atoms with Crippen molar-refractivity contribution in [1.29, 1.82) is 0 Å². The van der Waals surface area contributed by atoms with Crippen LogP contribution in [0.2, 0.25) is 0 Å². The van der Waals surface area contributed by atoms with Gasteiger partial charge in [-0.3, -0.25) is 0 Å². The normalized spacial score (nSPS) is 6.27. The molecule has 0 aliphatic heterocycles. The summed E-state index contributed by atoms with van der Waals surface area (Å²) in [6.45, 7) is 0. The fourth-order valence-electron chi connectivity index (χ4n) is 0. The summed E-state index contributed by atoms with van der Waals surface area (Å²) in [6.07, 6.45) is 0. The van der Waals surface area contributed by atoms with E-state index in [0.717, 1.165) is 20.4 Å². The molecule has 0 bridgehead atoms. The predicted molar refractivity (Wildman–Crippen MR) is 29.3 cm³/mol. The molecule has 0 aromatic heterocycles. The van der Waals surface area contributed by atoms with E-state index in [1.807, 2.05) is 0 Å². The van der Waals surface area contributed by atoms with Gasteiger partial charge in [-0.2, -0.15) is 0 Å². The zero-order chi connectivity index (χ0) is 12.3. The molecule has 84 valence electrons.